The molecule has 1 rings (SSSR count). The number of hydrogen-bond acceptors (Lipinski definition) is 2. The first kappa shape index (κ1) is 14.5. The summed E-state index contributed by atoms with van der Waals surface area (Å²) >= 11 is 0. The highest BCUT2D eigenvalue weighted by molar-refractivity contribution is 5.79. The van der Waals surface area contributed by atoms with E-state index in [4.69, 9.17) is 0 Å². The molecule has 0 radical (unpaired) electrons. The Morgan fingerprint density at radius 1 is 1.41 bits per heavy atom. The molecular formula is C14H27NO2. The van der Waals surface area contributed by atoms with Crippen molar-refractivity contribution in [2.45, 2.75) is 59.5 Å². The van der Waals surface area contributed by atoms with Gasteiger partial charge in [-0.15, -0.1) is 0 Å². The van der Waals surface area contributed by atoms with Crippen LogP contribution in [0.4, 0.5) is 0 Å². The molecule has 0 bridgehead atoms. The zero-order valence-corrected chi connectivity index (χ0v) is 11.6. The van der Waals surface area contributed by atoms with Gasteiger partial charge in [0, 0.05) is 12.5 Å². The summed E-state index contributed by atoms with van der Waals surface area (Å²) in [7, 11) is 0. The van der Waals surface area contributed by atoms with E-state index in [-0.39, 0.29) is 23.3 Å². The molecule has 0 spiro atoms. The van der Waals surface area contributed by atoms with Crippen molar-refractivity contribution in [2.24, 2.45) is 17.3 Å². The summed E-state index contributed by atoms with van der Waals surface area (Å²) in [6, 6.07) is 0. The van der Waals surface area contributed by atoms with Crippen LogP contribution >= 0.6 is 0 Å². The standard InChI is InChI=1S/C14H27NO2/c1-5-11(16)8-12(10-6-7-10)13(17)15-9-14(2,3)4/h10-12,16H,5-9H2,1-4H3,(H,15,17). The molecule has 1 saturated carbocycles. The van der Waals surface area contributed by atoms with Crippen LogP contribution in [0.2, 0.25) is 0 Å². The zero-order chi connectivity index (χ0) is 13.1. The molecular weight excluding hydrogens is 214 g/mol. The second-order valence-electron chi connectivity index (χ2n) is 6.52. The fraction of sp³-hybridized carbons (Fsp3) is 0.929. The van der Waals surface area contributed by atoms with Crippen LogP contribution in [-0.2, 0) is 4.79 Å². The lowest BCUT2D eigenvalue weighted by Crippen LogP contribution is -2.38. The molecule has 0 aliphatic heterocycles. The van der Waals surface area contributed by atoms with Gasteiger partial charge in [-0.3, -0.25) is 4.79 Å². The minimum absolute atomic E-state index is 0.0206. The number of carbonyl (C=O) groups is 1. The third-order valence-corrected chi connectivity index (χ3v) is 3.32. The summed E-state index contributed by atoms with van der Waals surface area (Å²) in [5.41, 5.74) is 0.118. The van der Waals surface area contributed by atoms with Crippen molar-refractivity contribution in [3.8, 4) is 0 Å². The molecule has 2 N–H and O–H groups in total. The van der Waals surface area contributed by atoms with Crippen molar-refractivity contribution >= 4 is 5.91 Å². The molecule has 3 heteroatoms. The molecule has 0 saturated heterocycles. The van der Waals surface area contributed by atoms with Crippen molar-refractivity contribution in [2.75, 3.05) is 6.54 Å². The maximum Gasteiger partial charge on any atom is 0.223 e. The van der Waals surface area contributed by atoms with Gasteiger partial charge in [0.25, 0.3) is 0 Å². The highest BCUT2D eigenvalue weighted by Crippen LogP contribution is 2.39. The molecule has 0 aromatic heterocycles. The highest BCUT2D eigenvalue weighted by Gasteiger charge is 2.37. The first-order chi connectivity index (χ1) is 7.83. The van der Waals surface area contributed by atoms with E-state index in [0.29, 0.717) is 18.9 Å². The summed E-state index contributed by atoms with van der Waals surface area (Å²) in [6.07, 6.45) is 3.31. The van der Waals surface area contributed by atoms with Crippen molar-refractivity contribution in [3.05, 3.63) is 0 Å². The van der Waals surface area contributed by atoms with Gasteiger partial charge in [-0.2, -0.15) is 0 Å². The predicted molar refractivity (Wildman–Crippen MR) is 69.6 cm³/mol. The Labute approximate surface area is 105 Å². The van der Waals surface area contributed by atoms with Crippen LogP contribution in [0.5, 0.6) is 0 Å². The third kappa shape index (κ3) is 5.53. The van der Waals surface area contributed by atoms with Crippen LogP contribution < -0.4 is 5.32 Å². The van der Waals surface area contributed by atoms with Gasteiger partial charge in [-0.05, 0) is 37.0 Å². The fourth-order valence-electron chi connectivity index (χ4n) is 1.96. The summed E-state index contributed by atoms with van der Waals surface area (Å²) in [6.45, 7) is 9.00. The second-order valence-corrected chi connectivity index (χ2v) is 6.52. The molecule has 1 amide bonds. The molecule has 0 aromatic carbocycles. The number of amides is 1. The Morgan fingerprint density at radius 3 is 2.41 bits per heavy atom. The maximum atomic E-state index is 12.1. The molecule has 0 aromatic rings. The number of aliphatic hydroxyl groups is 1. The van der Waals surface area contributed by atoms with E-state index in [2.05, 4.69) is 26.1 Å². The quantitative estimate of drug-likeness (QED) is 0.750. The van der Waals surface area contributed by atoms with E-state index in [9.17, 15) is 9.90 Å². The minimum atomic E-state index is -0.332. The van der Waals surface area contributed by atoms with Gasteiger partial charge in [-0.25, -0.2) is 0 Å². The fourth-order valence-corrected chi connectivity index (χ4v) is 1.96. The molecule has 100 valence electrons. The molecule has 2 unspecified atom stereocenters. The first-order valence-corrected chi connectivity index (χ1v) is 6.79. The lowest BCUT2D eigenvalue weighted by molar-refractivity contribution is -0.127. The Balaban J connectivity index is 2.44. The lowest BCUT2D eigenvalue weighted by Gasteiger charge is -2.23. The normalized spacial score (nSPS) is 19.8. The number of aliphatic hydroxyl groups excluding tert-OH is 1. The topological polar surface area (TPSA) is 49.3 Å². The average molecular weight is 241 g/mol. The SMILES string of the molecule is CCC(O)CC(C(=O)NCC(C)(C)C)C1CC1. The molecule has 1 aliphatic rings. The Bertz CT molecular complexity index is 253. The van der Waals surface area contributed by atoms with Crippen LogP contribution in [0.3, 0.4) is 0 Å². The minimum Gasteiger partial charge on any atom is -0.393 e. The van der Waals surface area contributed by atoms with Crippen molar-refractivity contribution in [3.63, 3.8) is 0 Å². The second kappa shape index (κ2) is 5.85. The molecule has 3 nitrogen and oxygen atoms in total. The summed E-state index contributed by atoms with van der Waals surface area (Å²) in [5, 5.41) is 12.7. The van der Waals surface area contributed by atoms with Crippen LogP contribution in [0.25, 0.3) is 0 Å². The van der Waals surface area contributed by atoms with Gasteiger partial charge in [0.2, 0.25) is 5.91 Å². The molecule has 2 atom stereocenters. The summed E-state index contributed by atoms with van der Waals surface area (Å²) in [5.74, 6) is 0.665. The smallest absolute Gasteiger partial charge is 0.223 e. The molecule has 1 fully saturated rings. The number of hydrogen-bond donors (Lipinski definition) is 2. The Morgan fingerprint density at radius 2 is 2.00 bits per heavy atom. The van der Waals surface area contributed by atoms with E-state index >= 15 is 0 Å². The van der Waals surface area contributed by atoms with Crippen LogP contribution in [0.1, 0.15) is 53.4 Å². The Hall–Kier alpha value is -0.570. The number of nitrogens with one attached hydrogen (secondary N) is 1. The number of carbonyl (C=O) groups excluding carboxylic acids is 1. The highest BCUT2D eigenvalue weighted by atomic mass is 16.3. The largest absolute Gasteiger partial charge is 0.393 e. The van der Waals surface area contributed by atoms with E-state index in [1.165, 1.54) is 0 Å². The van der Waals surface area contributed by atoms with E-state index in [1.54, 1.807) is 0 Å². The molecule has 1 aliphatic carbocycles. The van der Waals surface area contributed by atoms with Crippen molar-refractivity contribution in [1.29, 1.82) is 0 Å². The third-order valence-electron chi connectivity index (χ3n) is 3.32. The predicted octanol–water partition coefficient (Wildman–Crippen LogP) is 2.34. The van der Waals surface area contributed by atoms with E-state index in [1.807, 2.05) is 6.92 Å². The van der Waals surface area contributed by atoms with Gasteiger partial charge in [0.1, 0.15) is 0 Å². The monoisotopic (exact) mass is 241 g/mol. The van der Waals surface area contributed by atoms with Crippen molar-refractivity contribution in [1.82, 2.24) is 5.32 Å². The summed E-state index contributed by atoms with van der Waals surface area (Å²) < 4.78 is 0. The van der Waals surface area contributed by atoms with Crippen molar-refractivity contribution < 1.29 is 9.90 Å². The van der Waals surface area contributed by atoms with Gasteiger partial charge < -0.3 is 10.4 Å². The van der Waals surface area contributed by atoms with Crippen LogP contribution in [0, 0.1) is 17.3 Å². The molecule has 0 heterocycles. The number of rotatable bonds is 6. The summed E-state index contributed by atoms with van der Waals surface area (Å²) in [4.78, 5) is 12.1. The molecule has 17 heavy (non-hydrogen) atoms. The lowest BCUT2D eigenvalue weighted by atomic mass is 9.92. The first-order valence-electron chi connectivity index (χ1n) is 6.79. The van der Waals surface area contributed by atoms with Crippen LogP contribution in [0.15, 0.2) is 0 Å². The van der Waals surface area contributed by atoms with E-state index in [0.717, 1.165) is 19.3 Å². The zero-order valence-electron chi connectivity index (χ0n) is 11.6. The van der Waals surface area contributed by atoms with Gasteiger partial charge >= 0.3 is 0 Å². The Kier molecular flexibility index (Phi) is 4.99. The van der Waals surface area contributed by atoms with E-state index < -0.39 is 0 Å². The maximum absolute atomic E-state index is 12.1. The van der Waals surface area contributed by atoms with Gasteiger partial charge in [-0.1, -0.05) is 27.7 Å². The average Bonchev–Trinajstić information content (AvgIpc) is 3.04. The van der Waals surface area contributed by atoms with Gasteiger partial charge in [0.05, 0.1) is 6.10 Å². The van der Waals surface area contributed by atoms with Crippen LogP contribution in [-0.4, -0.2) is 23.7 Å². The van der Waals surface area contributed by atoms with Gasteiger partial charge in [0.15, 0.2) is 0 Å².